The molecule has 0 unspecified atom stereocenters. The van der Waals surface area contributed by atoms with Crippen LogP contribution in [0.2, 0.25) is 0 Å². The summed E-state index contributed by atoms with van der Waals surface area (Å²) in [5, 5.41) is 8.33. The number of anilines is 3. The second-order valence-electron chi connectivity index (χ2n) is 4.87. The third-order valence-electron chi connectivity index (χ3n) is 3.49. The van der Waals surface area contributed by atoms with Gasteiger partial charge in [0, 0.05) is 25.3 Å². The first kappa shape index (κ1) is 15.2. The van der Waals surface area contributed by atoms with Crippen LogP contribution < -0.4 is 9.80 Å². The van der Waals surface area contributed by atoms with Gasteiger partial charge in [0.2, 0.25) is 0 Å². The van der Waals surface area contributed by atoms with Crippen molar-refractivity contribution in [1.82, 2.24) is 15.2 Å². The van der Waals surface area contributed by atoms with Crippen molar-refractivity contribution in [2.75, 3.05) is 29.4 Å². The molecular weight excluding hydrogens is 262 g/mol. The Bertz CT molecular complexity index is 580. The quantitative estimate of drug-likeness (QED) is 0.815. The maximum absolute atomic E-state index is 4.67. The third-order valence-corrected chi connectivity index (χ3v) is 3.49. The summed E-state index contributed by atoms with van der Waals surface area (Å²) >= 11 is 0. The highest BCUT2D eigenvalue weighted by Crippen LogP contribution is 2.23. The van der Waals surface area contributed by atoms with E-state index in [4.69, 9.17) is 0 Å². The lowest BCUT2D eigenvalue weighted by molar-refractivity contribution is 0.810. The van der Waals surface area contributed by atoms with Crippen molar-refractivity contribution >= 4 is 17.5 Å². The predicted molar refractivity (Wildman–Crippen MR) is 87.2 cm³/mol. The number of benzene rings is 1. The van der Waals surface area contributed by atoms with Crippen molar-refractivity contribution in [3.05, 3.63) is 36.0 Å². The van der Waals surface area contributed by atoms with Gasteiger partial charge in [0.25, 0.3) is 5.95 Å². The SMILES string of the molecule is CCN(CC)c1cnnc(N(CC)c2cccc(C)c2)n1. The van der Waals surface area contributed by atoms with Crippen LogP contribution in [-0.4, -0.2) is 34.8 Å². The Balaban J connectivity index is 2.36. The first-order valence-electron chi connectivity index (χ1n) is 7.48. The van der Waals surface area contributed by atoms with Gasteiger partial charge in [-0.25, -0.2) is 0 Å². The van der Waals surface area contributed by atoms with Crippen molar-refractivity contribution in [2.24, 2.45) is 0 Å². The van der Waals surface area contributed by atoms with Crippen molar-refractivity contribution in [1.29, 1.82) is 0 Å². The maximum Gasteiger partial charge on any atom is 0.251 e. The molecule has 0 amide bonds. The van der Waals surface area contributed by atoms with Crippen LogP contribution in [0.1, 0.15) is 26.3 Å². The molecule has 5 heteroatoms. The van der Waals surface area contributed by atoms with E-state index in [2.05, 4.69) is 76.9 Å². The Labute approximate surface area is 126 Å². The molecule has 1 heterocycles. The van der Waals surface area contributed by atoms with Crippen LogP contribution in [0.15, 0.2) is 30.5 Å². The van der Waals surface area contributed by atoms with E-state index in [1.54, 1.807) is 6.20 Å². The van der Waals surface area contributed by atoms with Crippen molar-refractivity contribution in [2.45, 2.75) is 27.7 Å². The molecule has 2 aromatic rings. The summed E-state index contributed by atoms with van der Waals surface area (Å²) in [4.78, 5) is 8.92. The molecule has 112 valence electrons. The number of rotatable bonds is 6. The average Bonchev–Trinajstić information content (AvgIpc) is 2.50. The second kappa shape index (κ2) is 7.02. The summed E-state index contributed by atoms with van der Waals surface area (Å²) in [5.74, 6) is 1.52. The van der Waals surface area contributed by atoms with Crippen molar-refractivity contribution in [3.63, 3.8) is 0 Å². The topological polar surface area (TPSA) is 45.2 Å². The molecular formula is C16H23N5. The second-order valence-corrected chi connectivity index (χ2v) is 4.87. The van der Waals surface area contributed by atoms with Gasteiger partial charge in [-0.2, -0.15) is 10.1 Å². The van der Waals surface area contributed by atoms with E-state index in [1.165, 1.54) is 5.56 Å². The molecule has 0 saturated heterocycles. The molecule has 0 atom stereocenters. The molecule has 0 aliphatic rings. The van der Waals surface area contributed by atoms with Crippen LogP contribution in [0.4, 0.5) is 17.5 Å². The Morgan fingerprint density at radius 2 is 1.81 bits per heavy atom. The fourth-order valence-electron chi connectivity index (χ4n) is 2.34. The molecule has 0 aliphatic carbocycles. The highest BCUT2D eigenvalue weighted by atomic mass is 15.3. The van der Waals surface area contributed by atoms with Gasteiger partial charge < -0.3 is 9.80 Å². The lowest BCUT2D eigenvalue weighted by Crippen LogP contribution is -2.25. The Kier molecular flexibility index (Phi) is 5.09. The minimum atomic E-state index is 0.646. The van der Waals surface area contributed by atoms with Gasteiger partial charge in [-0.3, -0.25) is 0 Å². The molecule has 0 aliphatic heterocycles. The number of hydrogen-bond donors (Lipinski definition) is 0. The standard InChI is InChI=1S/C16H23N5/c1-5-20(6-2)15-12-17-19-16(18-15)21(7-3)14-10-8-9-13(4)11-14/h8-12H,5-7H2,1-4H3. The summed E-state index contributed by atoms with van der Waals surface area (Å²) in [6.07, 6.45) is 1.72. The van der Waals surface area contributed by atoms with Gasteiger partial charge in [-0.05, 0) is 45.4 Å². The first-order chi connectivity index (χ1) is 10.2. The van der Waals surface area contributed by atoms with Gasteiger partial charge in [0.15, 0.2) is 5.82 Å². The normalized spacial score (nSPS) is 10.5. The molecule has 0 spiro atoms. The Hall–Kier alpha value is -2.17. The van der Waals surface area contributed by atoms with E-state index in [-0.39, 0.29) is 0 Å². The molecule has 2 rings (SSSR count). The van der Waals surface area contributed by atoms with E-state index in [9.17, 15) is 0 Å². The fraction of sp³-hybridized carbons (Fsp3) is 0.438. The van der Waals surface area contributed by atoms with Crippen LogP contribution in [0.5, 0.6) is 0 Å². The van der Waals surface area contributed by atoms with Crippen LogP contribution >= 0.6 is 0 Å². The zero-order chi connectivity index (χ0) is 15.2. The lowest BCUT2D eigenvalue weighted by Gasteiger charge is -2.24. The monoisotopic (exact) mass is 285 g/mol. The van der Waals surface area contributed by atoms with Gasteiger partial charge in [-0.1, -0.05) is 12.1 Å². The molecule has 0 saturated carbocycles. The van der Waals surface area contributed by atoms with E-state index in [1.807, 2.05) is 0 Å². The maximum atomic E-state index is 4.67. The fourth-order valence-corrected chi connectivity index (χ4v) is 2.34. The number of aryl methyl sites for hydroxylation is 1. The van der Waals surface area contributed by atoms with Crippen molar-refractivity contribution in [3.8, 4) is 0 Å². The van der Waals surface area contributed by atoms with Crippen molar-refractivity contribution < 1.29 is 0 Å². The van der Waals surface area contributed by atoms with E-state index in [0.717, 1.165) is 31.1 Å². The minimum Gasteiger partial charge on any atom is -0.356 e. The summed E-state index contributed by atoms with van der Waals surface area (Å²) in [6, 6.07) is 8.35. The van der Waals surface area contributed by atoms with Gasteiger partial charge in [-0.15, -0.1) is 5.10 Å². The highest BCUT2D eigenvalue weighted by molar-refractivity contribution is 5.58. The van der Waals surface area contributed by atoms with Crippen LogP contribution in [0.25, 0.3) is 0 Å². The predicted octanol–water partition coefficient (Wildman–Crippen LogP) is 3.18. The van der Waals surface area contributed by atoms with E-state index >= 15 is 0 Å². The van der Waals surface area contributed by atoms with Crippen LogP contribution in [-0.2, 0) is 0 Å². The molecule has 21 heavy (non-hydrogen) atoms. The lowest BCUT2D eigenvalue weighted by atomic mass is 10.2. The molecule has 1 aromatic carbocycles. The van der Waals surface area contributed by atoms with Gasteiger partial charge in [0.1, 0.15) is 0 Å². The average molecular weight is 285 g/mol. The summed E-state index contributed by atoms with van der Waals surface area (Å²) in [7, 11) is 0. The van der Waals surface area contributed by atoms with Gasteiger partial charge >= 0.3 is 0 Å². The Morgan fingerprint density at radius 3 is 2.43 bits per heavy atom. The highest BCUT2D eigenvalue weighted by Gasteiger charge is 2.13. The molecule has 1 aromatic heterocycles. The first-order valence-corrected chi connectivity index (χ1v) is 7.48. The zero-order valence-corrected chi connectivity index (χ0v) is 13.2. The summed E-state index contributed by atoms with van der Waals surface area (Å²) in [5.41, 5.74) is 2.31. The number of nitrogens with zero attached hydrogens (tertiary/aromatic N) is 5. The van der Waals surface area contributed by atoms with Crippen LogP contribution in [0, 0.1) is 6.92 Å². The smallest absolute Gasteiger partial charge is 0.251 e. The summed E-state index contributed by atoms with van der Waals surface area (Å²) < 4.78 is 0. The summed E-state index contributed by atoms with van der Waals surface area (Å²) in [6.45, 7) is 11.0. The molecule has 0 fully saturated rings. The molecule has 0 N–H and O–H groups in total. The molecule has 0 radical (unpaired) electrons. The molecule has 0 bridgehead atoms. The molecule has 5 nitrogen and oxygen atoms in total. The van der Waals surface area contributed by atoms with E-state index in [0.29, 0.717) is 5.95 Å². The largest absolute Gasteiger partial charge is 0.356 e. The van der Waals surface area contributed by atoms with Gasteiger partial charge in [0.05, 0.1) is 6.20 Å². The van der Waals surface area contributed by atoms with Crippen LogP contribution in [0.3, 0.4) is 0 Å². The Morgan fingerprint density at radius 1 is 1.05 bits per heavy atom. The third kappa shape index (κ3) is 3.48. The zero-order valence-electron chi connectivity index (χ0n) is 13.2. The van der Waals surface area contributed by atoms with E-state index < -0.39 is 0 Å². The number of aromatic nitrogens is 3. The number of hydrogen-bond acceptors (Lipinski definition) is 5. The minimum absolute atomic E-state index is 0.646.